The summed E-state index contributed by atoms with van der Waals surface area (Å²) in [5, 5.41) is 4.39. The molecule has 3 aromatic rings. The molecule has 0 radical (unpaired) electrons. The number of aromatic nitrogens is 1. The maximum Gasteiger partial charge on any atom is 0.161 e. The van der Waals surface area contributed by atoms with Crippen LogP contribution in [0, 0.1) is 5.82 Å². The molecule has 29 heavy (non-hydrogen) atoms. The number of nitrogens with one attached hydrogen (secondary N) is 1. The fraction of sp³-hybridized carbons (Fsp3) is 0.348. The van der Waals surface area contributed by atoms with Crippen LogP contribution in [-0.2, 0) is 6.42 Å². The van der Waals surface area contributed by atoms with Crippen molar-refractivity contribution in [2.75, 3.05) is 46.7 Å². The van der Waals surface area contributed by atoms with E-state index in [-0.39, 0.29) is 5.82 Å². The van der Waals surface area contributed by atoms with Crippen LogP contribution in [0.15, 0.2) is 30.3 Å². The van der Waals surface area contributed by atoms with Crippen molar-refractivity contribution >= 4 is 16.6 Å². The normalized spacial score (nSPS) is 12.2. The van der Waals surface area contributed by atoms with Crippen molar-refractivity contribution in [1.82, 2.24) is 9.88 Å². The van der Waals surface area contributed by atoms with E-state index in [1.165, 1.54) is 6.07 Å². The Bertz CT molecular complexity index is 1070. The molecule has 152 valence electrons. The third kappa shape index (κ3) is 3.60. The van der Waals surface area contributed by atoms with Gasteiger partial charge in [0, 0.05) is 35.2 Å². The van der Waals surface area contributed by atoms with Gasteiger partial charge in [0.25, 0.3) is 0 Å². The van der Waals surface area contributed by atoms with Crippen LogP contribution >= 0.6 is 0 Å². The molecule has 5 nitrogen and oxygen atoms in total. The lowest BCUT2D eigenvalue weighted by atomic mass is 10.1. The first-order chi connectivity index (χ1) is 14.0. The maximum atomic E-state index is 14.0. The van der Waals surface area contributed by atoms with E-state index < -0.39 is 0 Å². The number of rotatable bonds is 7. The van der Waals surface area contributed by atoms with Crippen molar-refractivity contribution in [1.29, 1.82) is 0 Å². The molecular formula is C23H26FN3O2. The molecule has 0 atom stereocenters. The SMILES string of the molecule is COc1cc2c(cc1OC)-c1nc3ccc(F)cc3c(NCCCN(C)C)c1C2. The van der Waals surface area contributed by atoms with Crippen molar-refractivity contribution < 1.29 is 13.9 Å². The highest BCUT2D eigenvalue weighted by atomic mass is 19.1. The fourth-order valence-corrected chi connectivity index (χ4v) is 3.96. The quantitative estimate of drug-likeness (QED) is 0.472. The fourth-order valence-electron chi connectivity index (χ4n) is 3.96. The summed E-state index contributed by atoms with van der Waals surface area (Å²) in [5.41, 5.74) is 5.95. The number of anilines is 1. The van der Waals surface area contributed by atoms with Gasteiger partial charge in [0.15, 0.2) is 11.5 Å². The number of benzene rings is 2. The second-order valence-electron chi connectivity index (χ2n) is 7.60. The standard InChI is InChI=1S/C23H26FN3O2/c1-27(2)9-5-8-25-22-17-12-15(24)6-7-19(17)26-23-16-13-21(29-4)20(28-3)11-14(16)10-18(22)23/h6-7,11-13H,5,8-10H2,1-4H3,(H,25,26). The van der Waals surface area contributed by atoms with Gasteiger partial charge in [-0.25, -0.2) is 9.37 Å². The predicted octanol–water partition coefficient (Wildman–Crippen LogP) is 4.33. The summed E-state index contributed by atoms with van der Waals surface area (Å²) in [5.74, 6) is 1.13. The first kappa shape index (κ1) is 19.5. The Balaban J connectivity index is 1.82. The minimum atomic E-state index is -0.255. The molecule has 2 aromatic carbocycles. The molecule has 1 aromatic heterocycles. The van der Waals surface area contributed by atoms with Crippen molar-refractivity contribution in [2.24, 2.45) is 0 Å². The van der Waals surface area contributed by atoms with Crippen LogP contribution in [0.1, 0.15) is 17.5 Å². The number of halogens is 1. The average molecular weight is 395 g/mol. The summed E-state index contributed by atoms with van der Waals surface area (Å²) in [7, 11) is 7.40. The Morgan fingerprint density at radius 2 is 1.86 bits per heavy atom. The van der Waals surface area contributed by atoms with E-state index in [0.717, 1.165) is 64.9 Å². The van der Waals surface area contributed by atoms with E-state index in [1.807, 2.05) is 12.1 Å². The third-order valence-corrected chi connectivity index (χ3v) is 5.36. The maximum absolute atomic E-state index is 14.0. The van der Waals surface area contributed by atoms with Crippen molar-refractivity contribution in [3.05, 3.63) is 47.3 Å². The minimum absolute atomic E-state index is 0.255. The van der Waals surface area contributed by atoms with Gasteiger partial charge in [0.05, 0.1) is 25.4 Å². The first-order valence-electron chi connectivity index (χ1n) is 9.77. The van der Waals surface area contributed by atoms with Gasteiger partial charge < -0.3 is 19.7 Å². The van der Waals surface area contributed by atoms with Gasteiger partial charge in [0.2, 0.25) is 0 Å². The van der Waals surface area contributed by atoms with E-state index in [0.29, 0.717) is 11.5 Å². The van der Waals surface area contributed by atoms with E-state index in [1.54, 1.807) is 26.4 Å². The second-order valence-corrected chi connectivity index (χ2v) is 7.60. The smallest absolute Gasteiger partial charge is 0.161 e. The summed E-state index contributed by atoms with van der Waals surface area (Å²) < 4.78 is 25.0. The molecule has 0 saturated carbocycles. The average Bonchev–Trinajstić information content (AvgIpc) is 3.06. The van der Waals surface area contributed by atoms with Crippen molar-refractivity contribution in [3.63, 3.8) is 0 Å². The molecule has 1 heterocycles. The number of nitrogens with zero attached hydrogens (tertiary/aromatic N) is 2. The summed E-state index contributed by atoms with van der Waals surface area (Å²) in [6, 6.07) is 8.77. The lowest BCUT2D eigenvalue weighted by Crippen LogP contribution is -2.17. The highest BCUT2D eigenvalue weighted by Crippen LogP contribution is 2.46. The van der Waals surface area contributed by atoms with Gasteiger partial charge in [-0.2, -0.15) is 0 Å². The lowest BCUT2D eigenvalue weighted by molar-refractivity contribution is 0.355. The van der Waals surface area contributed by atoms with E-state index >= 15 is 0 Å². The number of hydrogen-bond donors (Lipinski definition) is 1. The van der Waals surface area contributed by atoms with Gasteiger partial charge in [0.1, 0.15) is 5.82 Å². The Morgan fingerprint density at radius 1 is 1.10 bits per heavy atom. The van der Waals surface area contributed by atoms with Crippen LogP contribution in [-0.4, -0.2) is 51.3 Å². The first-order valence-corrected chi connectivity index (χ1v) is 9.77. The molecule has 6 heteroatoms. The van der Waals surface area contributed by atoms with Gasteiger partial charge in [-0.05, 0) is 63.0 Å². The molecule has 0 saturated heterocycles. The summed E-state index contributed by atoms with van der Waals surface area (Å²) in [6.45, 7) is 1.80. The molecule has 0 aliphatic heterocycles. The highest BCUT2D eigenvalue weighted by Gasteiger charge is 2.27. The van der Waals surface area contributed by atoms with E-state index in [4.69, 9.17) is 14.5 Å². The number of hydrogen-bond acceptors (Lipinski definition) is 5. The predicted molar refractivity (Wildman–Crippen MR) is 115 cm³/mol. The molecular weight excluding hydrogens is 369 g/mol. The van der Waals surface area contributed by atoms with Gasteiger partial charge in [-0.3, -0.25) is 0 Å². The minimum Gasteiger partial charge on any atom is -0.493 e. The Kier molecular flexibility index (Phi) is 5.28. The molecule has 0 fully saturated rings. The number of pyridine rings is 1. The molecule has 1 aliphatic carbocycles. The third-order valence-electron chi connectivity index (χ3n) is 5.36. The van der Waals surface area contributed by atoms with Crippen LogP contribution < -0.4 is 14.8 Å². The second kappa shape index (κ2) is 7.87. The molecule has 0 unspecified atom stereocenters. The van der Waals surface area contributed by atoms with Gasteiger partial charge in [-0.1, -0.05) is 0 Å². The Labute approximate surface area is 170 Å². The van der Waals surface area contributed by atoms with Gasteiger partial charge in [-0.15, -0.1) is 0 Å². The van der Waals surface area contributed by atoms with Crippen LogP contribution in [0.25, 0.3) is 22.2 Å². The number of fused-ring (bicyclic) bond motifs is 4. The van der Waals surface area contributed by atoms with Crippen LogP contribution in [0.3, 0.4) is 0 Å². The zero-order valence-corrected chi connectivity index (χ0v) is 17.3. The zero-order chi connectivity index (χ0) is 20.5. The summed E-state index contributed by atoms with van der Waals surface area (Å²) in [6.07, 6.45) is 1.72. The molecule has 0 amide bonds. The summed E-state index contributed by atoms with van der Waals surface area (Å²) in [4.78, 5) is 7.03. The molecule has 1 N–H and O–H groups in total. The molecule has 0 spiro atoms. The van der Waals surface area contributed by atoms with E-state index in [9.17, 15) is 4.39 Å². The van der Waals surface area contributed by atoms with Crippen LogP contribution in [0.2, 0.25) is 0 Å². The van der Waals surface area contributed by atoms with Crippen molar-refractivity contribution in [2.45, 2.75) is 12.8 Å². The molecule has 1 aliphatic rings. The van der Waals surface area contributed by atoms with Crippen molar-refractivity contribution in [3.8, 4) is 22.8 Å². The monoisotopic (exact) mass is 395 g/mol. The Morgan fingerprint density at radius 3 is 2.59 bits per heavy atom. The van der Waals surface area contributed by atoms with Gasteiger partial charge >= 0.3 is 0 Å². The zero-order valence-electron chi connectivity index (χ0n) is 17.3. The lowest BCUT2D eigenvalue weighted by Gasteiger charge is -2.16. The number of methoxy groups -OCH3 is 2. The molecule has 4 rings (SSSR count). The number of ether oxygens (including phenoxy) is 2. The molecule has 0 bridgehead atoms. The van der Waals surface area contributed by atoms with Crippen LogP contribution in [0.5, 0.6) is 11.5 Å². The Hall–Kier alpha value is -2.86. The highest BCUT2D eigenvalue weighted by molar-refractivity contribution is 5.98. The summed E-state index contributed by atoms with van der Waals surface area (Å²) >= 11 is 0. The van der Waals surface area contributed by atoms with E-state index in [2.05, 4.69) is 24.3 Å². The van der Waals surface area contributed by atoms with Crippen LogP contribution in [0.4, 0.5) is 10.1 Å². The topological polar surface area (TPSA) is 46.6 Å². The largest absolute Gasteiger partial charge is 0.493 e.